The number of urea groups is 1. The molecule has 0 atom stereocenters. The van der Waals surface area contributed by atoms with Crippen LogP contribution in [0.1, 0.15) is 46.0 Å². The minimum atomic E-state index is -0.834. The van der Waals surface area contributed by atoms with E-state index >= 15 is 0 Å². The van der Waals surface area contributed by atoms with Crippen molar-refractivity contribution in [2.45, 2.75) is 58.0 Å². The van der Waals surface area contributed by atoms with Gasteiger partial charge in [0.05, 0.1) is 11.0 Å². The molecule has 8 nitrogen and oxygen atoms in total. The van der Waals surface area contributed by atoms with Crippen molar-refractivity contribution >= 4 is 34.8 Å². The minimum absolute atomic E-state index is 0.281. The number of aromatic nitrogens is 2. The van der Waals surface area contributed by atoms with Gasteiger partial charge in [0.1, 0.15) is 12.1 Å². The summed E-state index contributed by atoms with van der Waals surface area (Å²) in [6, 6.07) is 7.15. The van der Waals surface area contributed by atoms with E-state index < -0.39 is 17.5 Å². The summed E-state index contributed by atoms with van der Waals surface area (Å²) in [6.07, 6.45) is 4.20. The number of rotatable bonds is 5. The van der Waals surface area contributed by atoms with Crippen molar-refractivity contribution in [1.82, 2.24) is 19.8 Å². The van der Waals surface area contributed by atoms with Crippen LogP contribution < -0.4 is 10.6 Å². The number of para-hydroxylation sites is 2. The van der Waals surface area contributed by atoms with Crippen molar-refractivity contribution in [3.63, 3.8) is 0 Å². The molecule has 2 heterocycles. The topological polar surface area (TPSA) is 96.3 Å². The van der Waals surface area contributed by atoms with Crippen LogP contribution >= 0.6 is 0 Å². The summed E-state index contributed by atoms with van der Waals surface area (Å²) in [5.74, 6) is 0.308. The van der Waals surface area contributed by atoms with Gasteiger partial charge in [-0.1, -0.05) is 25.5 Å². The second-order valence-corrected chi connectivity index (χ2v) is 7.97. The van der Waals surface area contributed by atoms with Gasteiger partial charge in [-0.25, -0.2) is 9.78 Å². The molecule has 154 valence electrons. The first-order valence-corrected chi connectivity index (χ1v) is 10.4. The number of hydrogen-bond donors (Lipinski definition) is 2. The number of imidazole rings is 1. The molecule has 4 rings (SSSR count). The number of fused-ring (bicyclic) bond motifs is 1. The van der Waals surface area contributed by atoms with Crippen molar-refractivity contribution in [2.75, 3.05) is 11.9 Å². The molecule has 1 aliphatic carbocycles. The van der Waals surface area contributed by atoms with Gasteiger partial charge in [0.2, 0.25) is 11.9 Å². The Kier molecular flexibility index (Phi) is 5.02. The zero-order valence-electron chi connectivity index (χ0n) is 16.9. The highest BCUT2D eigenvalue weighted by Crippen LogP contribution is 2.37. The molecule has 1 aromatic heterocycles. The van der Waals surface area contributed by atoms with Gasteiger partial charge in [0.25, 0.3) is 5.91 Å². The molecule has 29 heavy (non-hydrogen) atoms. The van der Waals surface area contributed by atoms with Crippen LogP contribution in [-0.2, 0) is 16.1 Å². The number of carbonyl (C=O) groups is 3. The molecule has 1 saturated carbocycles. The van der Waals surface area contributed by atoms with Crippen LogP contribution in [0.3, 0.4) is 0 Å². The number of anilines is 1. The highest BCUT2D eigenvalue weighted by atomic mass is 16.2. The summed E-state index contributed by atoms with van der Waals surface area (Å²) in [5, 5.41) is 5.63. The highest BCUT2D eigenvalue weighted by molar-refractivity contribution is 6.10. The van der Waals surface area contributed by atoms with Gasteiger partial charge in [0.15, 0.2) is 0 Å². The van der Waals surface area contributed by atoms with Gasteiger partial charge in [-0.05, 0) is 50.7 Å². The molecule has 1 saturated heterocycles. The Morgan fingerprint density at radius 2 is 1.97 bits per heavy atom. The largest absolute Gasteiger partial charge is 0.325 e. The first-order valence-electron chi connectivity index (χ1n) is 10.4. The van der Waals surface area contributed by atoms with Crippen LogP contribution in [0.4, 0.5) is 10.7 Å². The van der Waals surface area contributed by atoms with Crippen molar-refractivity contribution in [3.05, 3.63) is 24.3 Å². The summed E-state index contributed by atoms with van der Waals surface area (Å²) >= 11 is 0. The van der Waals surface area contributed by atoms with E-state index in [2.05, 4.69) is 22.5 Å². The normalized spacial score (nSPS) is 24.3. The van der Waals surface area contributed by atoms with Crippen molar-refractivity contribution in [3.8, 4) is 0 Å². The van der Waals surface area contributed by atoms with E-state index in [1.807, 2.05) is 35.8 Å². The molecule has 0 bridgehead atoms. The van der Waals surface area contributed by atoms with Crippen molar-refractivity contribution < 1.29 is 14.4 Å². The Morgan fingerprint density at radius 1 is 1.24 bits per heavy atom. The van der Waals surface area contributed by atoms with E-state index in [1.165, 1.54) is 0 Å². The average molecular weight is 397 g/mol. The number of nitrogens with zero attached hydrogens (tertiary/aromatic N) is 3. The third-order valence-electron chi connectivity index (χ3n) is 6.31. The maximum atomic E-state index is 13.0. The summed E-state index contributed by atoms with van der Waals surface area (Å²) in [4.78, 5) is 43.6. The van der Waals surface area contributed by atoms with Crippen molar-refractivity contribution in [2.24, 2.45) is 5.92 Å². The summed E-state index contributed by atoms with van der Waals surface area (Å²) < 4.78 is 1.90. The lowest BCUT2D eigenvalue weighted by molar-refractivity contribution is -0.135. The fourth-order valence-electron chi connectivity index (χ4n) is 4.54. The van der Waals surface area contributed by atoms with E-state index in [4.69, 9.17) is 0 Å². The molecular formula is C21H27N5O3. The van der Waals surface area contributed by atoms with E-state index in [1.54, 1.807) is 0 Å². The number of hydrogen-bond acceptors (Lipinski definition) is 4. The van der Waals surface area contributed by atoms with E-state index in [-0.39, 0.29) is 12.5 Å². The number of carbonyl (C=O) groups excluding carboxylic acids is 3. The molecule has 2 aromatic rings. The van der Waals surface area contributed by atoms with Crippen LogP contribution in [-0.4, -0.2) is 44.4 Å². The molecule has 2 fully saturated rings. The van der Waals surface area contributed by atoms with Gasteiger partial charge in [0, 0.05) is 6.54 Å². The molecule has 2 aliphatic rings. The fraction of sp³-hybridized carbons (Fsp3) is 0.524. The monoisotopic (exact) mass is 397 g/mol. The molecule has 8 heteroatoms. The SMILES string of the molecule is CCC1CCC2(CC1)NC(=O)N(CC(=O)Nc1nc3ccccc3n1CC)C2=O. The number of nitrogens with one attached hydrogen (secondary N) is 2. The first kappa shape index (κ1) is 19.4. The van der Waals surface area contributed by atoms with Gasteiger partial charge in [-0.3, -0.25) is 19.8 Å². The molecule has 2 N–H and O–H groups in total. The Balaban J connectivity index is 1.46. The van der Waals surface area contributed by atoms with E-state index in [9.17, 15) is 14.4 Å². The molecule has 1 spiro atoms. The van der Waals surface area contributed by atoms with Crippen LogP contribution in [0.2, 0.25) is 0 Å². The quantitative estimate of drug-likeness (QED) is 0.758. The fourth-order valence-corrected chi connectivity index (χ4v) is 4.54. The highest BCUT2D eigenvalue weighted by Gasteiger charge is 2.52. The third-order valence-corrected chi connectivity index (χ3v) is 6.31. The van der Waals surface area contributed by atoms with Crippen LogP contribution in [0, 0.1) is 5.92 Å². The van der Waals surface area contributed by atoms with Gasteiger partial charge in [-0.2, -0.15) is 0 Å². The summed E-state index contributed by atoms with van der Waals surface area (Å²) in [5.41, 5.74) is 0.873. The second-order valence-electron chi connectivity index (χ2n) is 7.97. The first-order chi connectivity index (χ1) is 14.0. The summed E-state index contributed by atoms with van der Waals surface area (Å²) in [6.45, 7) is 4.45. The number of aryl methyl sites for hydroxylation is 1. The van der Waals surface area contributed by atoms with Gasteiger partial charge < -0.3 is 9.88 Å². The molecule has 4 amide bonds. The summed E-state index contributed by atoms with van der Waals surface area (Å²) in [7, 11) is 0. The zero-order chi connectivity index (χ0) is 20.6. The Bertz CT molecular complexity index is 958. The molecule has 1 aliphatic heterocycles. The second kappa shape index (κ2) is 7.50. The lowest BCUT2D eigenvalue weighted by atomic mass is 9.75. The molecule has 1 aromatic carbocycles. The molecular weight excluding hydrogens is 370 g/mol. The van der Waals surface area contributed by atoms with Crippen LogP contribution in [0.5, 0.6) is 0 Å². The maximum Gasteiger partial charge on any atom is 0.325 e. The van der Waals surface area contributed by atoms with Gasteiger partial charge >= 0.3 is 6.03 Å². The van der Waals surface area contributed by atoms with E-state index in [0.29, 0.717) is 31.3 Å². The Labute approximate surface area is 169 Å². The Morgan fingerprint density at radius 3 is 2.66 bits per heavy atom. The maximum absolute atomic E-state index is 13.0. The van der Waals surface area contributed by atoms with Crippen LogP contribution in [0.25, 0.3) is 11.0 Å². The third kappa shape index (κ3) is 3.36. The zero-order valence-corrected chi connectivity index (χ0v) is 16.9. The molecule has 0 unspecified atom stereocenters. The lowest BCUT2D eigenvalue weighted by Gasteiger charge is -2.34. The smallest absolute Gasteiger partial charge is 0.323 e. The number of amides is 4. The average Bonchev–Trinajstić information content (AvgIpc) is 3.18. The lowest BCUT2D eigenvalue weighted by Crippen LogP contribution is -2.49. The number of benzene rings is 1. The molecule has 0 radical (unpaired) electrons. The predicted molar refractivity (Wildman–Crippen MR) is 109 cm³/mol. The predicted octanol–water partition coefficient (Wildman–Crippen LogP) is 2.89. The van der Waals surface area contributed by atoms with Crippen LogP contribution in [0.15, 0.2) is 24.3 Å². The minimum Gasteiger partial charge on any atom is -0.323 e. The Hall–Kier alpha value is -2.90. The van der Waals surface area contributed by atoms with E-state index in [0.717, 1.165) is 35.2 Å². The standard InChI is InChI=1S/C21H27N5O3/c1-3-14-9-11-21(12-10-14)18(28)26(20(29)24-21)13-17(27)23-19-22-15-7-5-6-8-16(15)25(19)4-2/h5-8,14H,3-4,9-13H2,1-2H3,(H,24,29)(H,22,23,27). The van der Waals surface area contributed by atoms with Gasteiger partial charge in [-0.15, -0.1) is 0 Å². The number of imide groups is 1. The van der Waals surface area contributed by atoms with Crippen molar-refractivity contribution in [1.29, 1.82) is 0 Å².